The third-order valence-electron chi connectivity index (χ3n) is 4.42. The van der Waals surface area contributed by atoms with Crippen LogP contribution in [-0.4, -0.2) is 74.7 Å². The normalized spacial score (nSPS) is 23.6. The molecule has 2 N–H and O–H groups in total. The van der Waals surface area contributed by atoms with E-state index in [0.717, 1.165) is 45.0 Å². The van der Waals surface area contributed by atoms with Crippen molar-refractivity contribution in [1.29, 1.82) is 0 Å². The lowest BCUT2D eigenvalue weighted by Crippen LogP contribution is -2.45. The van der Waals surface area contributed by atoms with E-state index in [4.69, 9.17) is 4.74 Å². The number of likely N-dealkylation sites (N-methyl/N-ethyl adjacent to an activating group) is 1. The number of amides is 1. The van der Waals surface area contributed by atoms with Gasteiger partial charge in [0.2, 0.25) is 0 Å². The first-order valence-electron chi connectivity index (χ1n) is 8.34. The van der Waals surface area contributed by atoms with E-state index in [1.54, 1.807) is 0 Å². The highest BCUT2D eigenvalue weighted by Crippen LogP contribution is 2.14. The maximum Gasteiger partial charge on any atom is 0.254 e. The molecule has 0 radical (unpaired) electrons. The van der Waals surface area contributed by atoms with Crippen molar-refractivity contribution in [2.75, 3.05) is 58.2 Å². The fourth-order valence-corrected chi connectivity index (χ4v) is 2.97. The van der Waals surface area contributed by atoms with E-state index in [0.29, 0.717) is 13.2 Å². The van der Waals surface area contributed by atoms with E-state index >= 15 is 0 Å². The van der Waals surface area contributed by atoms with E-state index in [9.17, 15) is 4.79 Å². The molecule has 0 aromatic heterocycles. The van der Waals surface area contributed by atoms with Gasteiger partial charge in [0, 0.05) is 51.5 Å². The minimum absolute atomic E-state index is 0.0750. The number of carbonyl (C=O) groups excluding carboxylic acids is 1. The molecule has 3 rings (SSSR count). The van der Waals surface area contributed by atoms with Crippen LogP contribution in [-0.2, 0) is 16.1 Å². The molecule has 1 aromatic rings. The van der Waals surface area contributed by atoms with Gasteiger partial charge in [0.1, 0.15) is 6.10 Å². The van der Waals surface area contributed by atoms with Crippen molar-refractivity contribution >= 4 is 11.6 Å². The molecule has 2 aliphatic heterocycles. The fraction of sp³-hybridized carbons (Fsp3) is 0.588. The van der Waals surface area contributed by atoms with Gasteiger partial charge in [0.05, 0.1) is 6.61 Å². The summed E-state index contributed by atoms with van der Waals surface area (Å²) in [7, 11) is 2.16. The molecule has 0 saturated carbocycles. The lowest BCUT2D eigenvalue weighted by molar-refractivity contribution is -0.128. The summed E-state index contributed by atoms with van der Waals surface area (Å²) in [5.74, 6) is -0.0750. The molecule has 2 heterocycles. The molecule has 1 aromatic carbocycles. The van der Waals surface area contributed by atoms with Crippen molar-refractivity contribution < 1.29 is 9.53 Å². The smallest absolute Gasteiger partial charge is 0.254 e. The van der Waals surface area contributed by atoms with E-state index in [-0.39, 0.29) is 5.91 Å². The van der Waals surface area contributed by atoms with E-state index in [2.05, 4.69) is 39.6 Å². The van der Waals surface area contributed by atoms with Crippen LogP contribution in [0.4, 0.5) is 5.69 Å². The van der Waals surface area contributed by atoms with Crippen LogP contribution < -0.4 is 10.6 Å². The number of rotatable bonds is 4. The highest BCUT2D eigenvalue weighted by molar-refractivity contribution is 5.94. The Morgan fingerprint density at radius 3 is 2.91 bits per heavy atom. The number of nitrogens with one attached hydrogen (secondary N) is 2. The Hall–Kier alpha value is -1.47. The van der Waals surface area contributed by atoms with E-state index in [1.165, 1.54) is 5.56 Å². The maximum absolute atomic E-state index is 12.2. The monoisotopic (exact) mass is 318 g/mol. The summed E-state index contributed by atoms with van der Waals surface area (Å²) in [5, 5.41) is 6.14. The number of piperazine rings is 1. The molecular formula is C17H26N4O2. The van der Waals surface area contributed by atoms with Gasteiger partial charge < -0.3 is 20.3 Å². The van der Waals surface area contributed by atoms with Gasteiger partial charge in [-0.2, -0.15) is 0 Å². The van der Waals surface area contributed by atoms with Gasteiger partial charge in [-0.15, -0.1) is 0 Å². The van der Waals surface area contributed by atoms with Gasteiger partial charge in [-0.3, -0.25) is 9.69 Å². The number of hydrogen-bond donors (Lipinski definition) is 2. The summed E-state index contributed by atoms with van der Waals surface area (Å²) in [5.41, 5.74) is 2.07. The van der Waals surface area contributed by atoms with Crippen molar-refractivity contribution in [2.24, 2.45) is 0 Å². The Morgan fingerprint density at radius 2 is 2.17 bits per heavy atom. The summed E-state index contributed by atoms with van der Waals surface area (Å²) in [4.78, 5) is 17.0. The van der Waals surface area contributed by atoms with Crippen LogP contribution in [0.15, 0.2) is 24.3 Å². The Bertz CT molecular complexity index is 523. The van der Waals surface area contributed by atoms with Crippen LogP contribution in [0.2, 0.25) is 0 Å². The van der Waals surface area contributed by atoms with Crippen molar-refractivity contribution in [3.63, 3.8) is 0 Å². The van der Waals surface area contributed by atoms with Gasteiger partial charge in [0.25, 0.3) is 5.91 Å². The molecule has 126 valence electrons. The lowest BCUT2D eigenvalue weighted by atomic mass is 10.1. The molecule has 2 aliphatic rings. The number of anilines is 1. The molecule has 0 spiro atoms. The van der Waals surface area contributed by atoms with Crippen LogP contribution in [0.5, 0.6) is 0 Å². The van der Waals surface area contributed by atoms with Crippen LogP contribution in [0.1, 0.15) is 5.56 Å². The second kappa shape index (κ2) is 7.88. The van der Waals surface area contributed by atoms with Crippen molar-refractivity contribution in [3.05, 3.63) is 29.8 Å². The zero-order valence-corrected chi connectivity index (χ0v) is 13.8. The summed E-state index contributed by atoms with van der Waals surface area (Å²) in [6.45, 7) is 7.31. The molecule has 2 fully saturated rings. The molecule has 1 amide bonds. The number of hydrogen-bond acceptors (Lipinski definition) is 5. The van der Waals surface area contributed by atoms with Gasteiger partial charge in [-0.25, -0.2) is 0 Å². The van der Waals surface area contributed by atoms with Crippen molar-refractivity contribution in [2.45, 2.75) is 12.6 Å². The largest absolute Gasteiger partial charge is 0.366 e. The number of nitrogens with zero attached hydrogens (tertiary/aromatic N) is 2. The third-order valence-corrected chi connectivity index (χ3v) is 4.42. The molecule has 0 aliphatic carbocycles. The minimum atomic E-state index is -0.398. The van der Waals surface area contributed by atoms with Gasteiger partial charge in [0.15, 0.2) is 0 Å². The second-order valence-electron chi connectivity index (χ2n) is 6.33. The van der Waals surface area contributed by atoms with E-state index < -0.39 is 6.10 Å². The molecule has 6 nitrogen and oxygen atoms in total. The fourth-order valence-electron chi connectivity index (χ4n) is 2.97. The number of benzene rings is 1. The first-order valence-corrected chi connectivity index (χ1v) is 8.34. The lowest BCUT2D eigenvalue weighted by Gasteiger charge is -2.32. The average Bonchev–Trinajstić information content (AvgIpc) is 2.58. The van der Waals surface area contributed by atoms with Crippen LogP contribution in [0.25, 0.3) is 0 Å². The second-order valence-corrected chi connectivity index (χ2v) is 6.33. The zero-order chi connectivity index (χ0) is 16.1. The SMILES string of the molecule is CN1CCN(Cc2cccc(NC(=O)C3CNCCO3)c2)CC1. The highest BCUT2D eigenvalue weighted by Gasteiger charge is 2.21. The van der Waals surface area contributed by atoms with Crippen molar-refractivity contribution in [1.82, 2.24) is 15.1 Å². The molecule has 23 heavy (non-hydrogen) atoms. The first kappa shape index (κ1) is 16.4. The first-order chi connectivity index (χ1) is 11.2. The molecule has 6 heteroatoms. The molecule has 1 unspecified atom stereocenters. The zero-order valence-electron chi connectivity index (χ0n) is 13.8. The number of carbonyl (C=O) groups is 1. The van der Waals surface area contributed by atoms with Crippen molar-refractivity contribution in [3.8, 4) is 0 Å². The topological polar surface area (TPSA) is 56.8 Å². The van der Waals surface area contributed by atoms with Crippen LogP contribution >= 0.6 is 0 Å². The summed E-state index contributed by atoms with van der Waals surface area (Å²) < 4.78 is 5.49. The Balaban J connectivity index is 1.55. The Morgan fingerprint density at radius 1 is 1.35 bits per heavy atom. The predicted molar refractivity (Wildman–Crippen MR) is 90.5 cm³/mol. The van der Waals surface area contributed by atoms with Gasteiger partial charge >= 0.3 is 0 Å². The molecular weight excluding hydrogens is 292 g/mol. The number of morpholine rings is 1. The number of ether oxygens (including phenoxy) is 1. The molecule has 2 saturated heterocycles. The summed E-state index contributed by atoms with van der Waals surface area (Å²) in [6, 6.07) is 8.11. The van der Waals surface area contributed by atoms with Gasteiger partial charge in [-0.1, -0.05) is 12.1 Å². The quantitative estimate of drug-likeness (QED) is 0.840. The maximum atomic E-state index is 12.2. The average molecular weight is 318 g/mol. The highest BCUT2D eigenvalue weighted by atomic mass is 16.5. The van der Waals surface area contributed by atoms with E-state index in [1.807, 2.05) is 12.1 Å². The van der Waals surface area contributed by atoms with Crippen LogP contribution in [0.3, 0.4) is 0 Å². The summed E-state index contributed by atoms with van der Waals surface area (Å²) in [6.07, 6.45) is -0.398. The molecule has 1 atom stereocenters. The van der Waals surface area contributed by atoms with Crippen LogP contribution in [0, 0.1) is 0 Å². The molecule has 0 bridgehead atoms. The Kier molecular flexibility index (Phi) is 5.61. The third kappa shape index (κ3) is 4.75. The summed E-state index contributed by atoms with van der Waals surface area (Å²) >= 11 is 0. The predicted octanol–water partition coefficient (Wildman–Crippen LogP) is 0.361. The minimum Gasteiger partial charge on any atom is -0.366 e. The Labute approximate surface area is 137 Å². The van der Waals surface area contributed by atoms with Gasteiger partial charge in [-0.05, 0) is 24.7 Å². The standard InChI is InChI=1S/C17H26N4O2/c1-20-6-8-21(9-7-20)13-14-3-2-4-15(11-14)19-17(22)16-12-18-5-10-23-16/h2-4,11,16,18H,5-10,12-13H2,1H3,(H,19,22).